The monoisotopic (exact) mass is 281 g/mol. The molecule has 116 valence electrons. The van der Waals surface area contributed by atoms with Gasteiger partial charge in [-0.1, -0.05) is 20.8 Å². The molecule has 2 fully saturated rings. The third-order valence-electron chi connectivity index (χ3n) is 4.87. The molecule has 0 radical (unpaired) electrons. The minimum Gasteiger partial charge on any atom is -0.341 e. The van der Waals surface area contributed by atoms with Crippen molar-refractivity contribution in [2.75, 3.05) is 26.2 Å². The van der Waals surface area contributed by atoms with E-state index in [0.29, 0.717) is 6.04 Å². The van der Waals surface area contributed by atoms with Crippen molar-refractivity contribution >= 4 is 5.91 Å². The zero-order valence-corrected chi connectivity index (χ0v) is 13.4. The summed E-state index contributed by atoms with van der Waals surface area (Å²) in [6, 6.07) is 0.298. The molecule has 0 bridgehead atoms. The fraction of sp³-hybridized carbons (Fsp3) is 0.938. The Kier molecular flexibility index (Phi) is 5.08. The van der Waals surface area contributed by atoms with Gasteiger partial charge in [0, 0.05) is 19.1 Å². The normalized spacial score (nSPS) is 27.4. The topological polar surface area (TPSA) is 49.6 Å². The van der Waals surface area contributed by atoms with Crippen LogP contribution in [0.25, 0.3) is 0 Å². The Balaban J connectivity index is 1.90. The maximum Gasteiger partial charge on any atom is 0.240 e. The van der Waals surface area contributed by atoms with Crippen LogP contribution in [0.2, 0.25) is 0 Å². The number of nitrogens with zero attached hydrogens (tertiary/aromatic N) is 2. The van der Waals surface area contributed by atoms with E-state index < -0.39 is 0 Å². The van der Waals surface area contributed by atoms with Crippen molar-refractivity contribution in [1.82, 2.24) is 9.80 Å². The fourth-order valence-electron chi connectivity index (χ4n) is 3.34. The van der Waals surface area contributed by atoms with E-state index in [2.05, 4.69) is 4.90 Å². The van der Waals surface area contributed by atoms with E-state index in [-0.39, 0.29) is 17.4 Å². The van der Waals surface area contributed by atoms with Gasteiger partial charge in [-0.05, 0) is 50.6 Å². The van der Waals surface area contributed by atoms with E-state index in [1.807, 2.05) is 25.7 Å². The first kappa shape index (κ1) is 15.8. The molecule has 0 aliphatic carbocycles. The standard InChI is InChI=1S/C16H31N3O/c1-16(2,3)14(17)15(20)19-11-6-7-13(8-12-19)18-9-4-5-10-18/h13-14H,4-12,17H2,1-3H3/t13?,14-/m1/s1. The van der Waals surface area contributed by atoms with Gasteiger partial charge in [0.2, 0.25) is 5.91 Å². The molecule has 2 saturated heterocycles. The Morgan fingerprint density at radius 2 is 1.70 bits per heavy atom. The van der Waals surface area contributed by atoms with Gasteiger partial charge in [-0.2, -0.15) is 0 Å². The minimum absolute atomic E-state index is 0.138. The van der Waals surface area contributed by atoms with Gasteiger partial charge >= 0.3 is 0 Å². The Hall–Kier alpha value is -0.610. The Morgan fingerprint density at radius 3 is 2.30 bits per heavy atom. The zero-order chi connectivity index (χ0) is 14.8. The SMILES string of the molecule is CC(C)(C)[C@H](N)C(=O)N1CCCC(N2CCCC2)CC1. The number of hydrogen-bond donors (Lipinski definition) is 1. The maximum atomic E-state index is 12.5. The summed E-state index contributed by atoms with van der Waals surface area (Å²) in [5, 5.41) is 0. The molecule has 2 atom stereocenters. The van der Waals surface area contributed by atoms with Gasteiger partial charge in [0.05, 0.1) is 6.04 Å². The quantitative estimate of drug-likeness (QED) is 0.840. The first-order valence-electron chi connectivity index (χ1n) is 8.18. The molecule has 1 unspecified atom stereocenters. The summed E-state index contributed by atoms with van der Waals surface area (Å²) in [6.07, 6.45) is 6.14. The molecule has 2 heterocycles. The third kappa shape index (κ3) is 3.73. The largest absolute Gasteiger partial charge is 0.341 e. The maximum absolute atomic E-state index is 12.5. The van der Waals surface area contributed by atoms with Crippen LogP contribution in [0.15, 0.2) is 0 Å². The van der Waals surface area contributed by atoms with Crippen molar-refractivity contribution in [3.63, 3.8) is 0 Å². The number of hydrogen-bond acceptors (Lipinski definition) is 3. The molecule has 2 rings (SSSR count). The average molecular weight is 281 g/mol. The van der Waals surface area contributed by atoms with Gasteiger partial charge in [-0.25, -0.2) is 0 Å². The lowest BCUT2D eigenvalue weighted by Crippen LogP contribution is -2.50. The molecule has 0 saturated carbocycles. The summed E-state index contributed by atoms with van der Waals surface area (Å²) >= 11 is 0. The van der Waals surface area contributed by atoms with Crippen molar-refractivity contribution < 1.29 is 4.79 Å². The molecule has 0 aromatic rings. The van der Waals surface area contributed by atoms with Crippen LogP contribution < -0.4 is 5.73 Å². The summed E-state index contributed by atoms with van der Waals surface area (Å²) in [4.78, 5) is 17.1. The Labute approximate surface area is 123 Å². The van der Waals surface area contributed by atoms with E-state index in [9.17, 15) is 4.79 Å². The number of rotatable bonds is 2. The number of amides is 1. The first-order chi connectivity index (χ1) is 9.39. The highest BCUT2D eigenvalue weighted by Gasteiger charge is 2.33. The molecule has 20 heavy (non-hydrogen) atoms. The number of carbonyl (C=O) groups excluding carboxylic acids is 1. The Bertz CT molecular complexity index is 331. The molecule has 0 aromatic carbocycles. The molecular formula is C16H31N3O. The first-order valence-corrected chi connectivity index (χ1v) is 8.18. The smallest absolute Gasteiger partial charge is 0.240 e. The van der Waals surface area contributed by atoms with Crippen molar-refractivity contribution in [3.05, 3.63) is 0 Å². The van der Waals surface area contributed by atoms with Crippen LogP contribution in [0, 0.1) is 5.41 Å². The van der Waals surface area contributed by atoms with E-state index in [1.165, 1.54) is 32.4 Å². The van der Waals surface area contributed by atoms with E-state index in [1.54, 1.807) is 0 Å². The van der Waals surface area contributed by atoms with Crippen molar-refractivity contribution in [1.29, 1.82) is 0 Å². The second-order valence-corrected chi connectivity index (χ2v) is 7.50. The lowest BCUT2D eigenvalue weighted by Gasteiger charge is -2.31. The Morgan fingerprint density at radius 1 is 1.05 bits per heavy atom. The van der Waals surface area contributed by atoms with Gasteiger partial charge in [0.25, 0.3) is 0 Å². The molecule has 1 amide bonds. The van der Waals surface area contributed by atoms with E-state index in [4.69, 9.17) is 5.73 Å². The fourth-order valence-corrected chi connectivity index (χ4v) is 3.34. The molecular weight excluding hydrogens is 250 g/mol. The van der Waals surface area contributed by atoms with E-state index in [0.717, 1.165) is 25.9 Å². The molecule has 0 aromatic heterocycles. The van der Waals surface area contributed by atoms with Crippen LogP contribution in [0.4, 0.5) is 0 Å². The van der Waals surface area contributed by atoms with Crippen LogP contribution in [-0.2, 0) is 4.79 Å². The van der Waals surface area contributed by atoms with Crippen LogP contribution >= 0.6 is 0 Å². The molecule has 2 aliphatic heterocycles. The van der Waals surface area contributed by atoms with Crippen molar-refractivity contribution in [2.45, 2.75) is 65.0 Å². The van der Waals surface area contributed by atoms with Crippen LogP contribution in [0.5, 0.6) is 0 Å². The summed E-state index contributed by atoms with van der Waals surface area (Å²) in [5.74, 6) is 0.138. The number of nitrogens with two attached hydrogens (primary N) is 1. The highest BCUT2D eigenvalue weighted by molar-refractivity contribution is 5.82. The highest BCUT2D eigenvalue weighted by atomic mass is 16.2. The summed E-state index contributed by atoms with van der Waals surface area (Å²) in [5.41, 5.74) is 5.98. The highest BCUT2D eigenvalue weighted by Crippen LogP contribution is 2.24. The zero-order valence-electron chi connectivity index (χ0n) is 13.4. The molecule has 0 spiro atoms. The summed E-state index contributed by atoms with van der Waals surface area (Å²) < 4.78 is 0. The van der Waals surface area contributed by atoms with Crippen LogP contribution in [0.3, 0.4) is 0 Å². The van der Waals surface area contributed by atoms with Gasteiger partial charge in [-0.15, -0.1) is 0 Å². The second-order valence-electron chi connectivity index (χ2n) is 7.50. The van der Waals surface area contributed by atoms with Gasteiger partial charge in [-0.3, -0.25) is 4.79 Å². The van der Waals surface area contributed by atoms with Gasteiger partial charge < -0.3 is 15.5 Å². The lowest BCUT2D eigenvalue weighted by molar-refractivity contribution is -0.134. The summed E-state index contributed by atoms with van der Waals surface area (Å²) in [7, 11) is 0. The number of likely N-dealkylation sites (tertiary alicyclic amines) is 2. The molecule has 2 N–H and O–H groups in total. The summed E-state index contributed by atoms with van der Waals surface area (Å²) in [6.45, 7) is 10.4. The predicted molar refractivity (Wildman–Crippen MR) is 82.5 cm³/mol. The molecule has 2 aliphatic rings. The third-order valence-corrected chi connectivity index (χ3v) is 4.87. The molecule has 4 heteroatoms. The van der Waals surface area contributed by atoms with Gasteiger partial charge in [0.1, 0.15) is 0 Å². The second kappa shape index (κ2) is 6.44. The van der Waals surface area contributed by atoms with Crippen molar-refractivity contribution in [3.8, 4) is 0 Å². The predicted octanol–water partition coefficient (Wildman–Crippen LogP) is 1.84. The average Bonchev–Trinajstić information content (AvgIpc) is 2.81. The van der Waals surface area contributed by atoms with Crippen molar-refractivity contribution in [2.24, 2.45) is 11.1 Å². The van der Waals surface area contributed by atoms with Crippen LogP contribution in [-0.4, -0.2) is 54.0 Å². The lowest BCUT2D eigenvalue weighted by atomic mass is 9.86. The van der Waals surface area contributed by atoms with Gasteiger partial charge in [0.15, 0.2) is 0 Å². The number of carbonyl (C=O) groups is 1. The van der Waals surface area contributed by atoms with E-state index >= 15 is 0 Å². The molecule has 4 nitrogen and oxygen atoms in total. The minimum atomic E-state index is -0.383. The van der Waals surface area contributed by atoms with Crippen LogP contribution in [0.1, 0.15) is 52.9 Å².